The van der Waals surface area contributed by atoms with E-state index in [-0.39, 0.29) is 5.56 Å². The van der Waals surface area contributed by atoms with Crippen LogP contribution in [0, 0.1) is 6.92 Å². The van der Waals surface area contributed by atoms with Crippen LogP contribution in [0.5, 0.6) is 0 Å². The van der Waals surface area contributed by atoms with Gasteiger partial charge in [-0.1, -0.05) is 6.92 Å². The predicted octanol–water partition coefficient (Wildman–Crippen LogP) is 4.17. The molecule has 2 aromatic heterocycles. The molecular weight excluding hydrogens is 285 g/mol. The Morgan fingerprint density at radius 2 is 2.05 bits per heavy atom. The van der Waals surface area contributed by atoms with E-state index in [0.29, 0.717) is 6.54 Å². The molecule has 2 rings (SSSR count). The van der Waals surface area contributed by atoms with Crippen LogP contribution in [0.4, 0.5) is 13.2 Å². The zero-order valence-corrected chi connectivity index (χ0v) is 12.0. The summed E-state index contributed by atoms with van der Waals surface area (Å²) in [7, 11) is 0. The van der Waals surface area contributed by atoms with Crippen LogP contribution in [-0.4, -0.2) is 11.5 Å². The molecule has 2 aromatic rings. The molecule has 108 valence electrons. The van der Waals surface area contributed by atoms with Crippen molar-refractivity contribution in [2.24, 2.45) is 0 Å². The van der Waals surface area contributed by atoms with Crippen LogP contribution in [0.1, 0.15) is 33.8 Å². The van der Waals surface area contributed by atoms with Gasteiger partial charge in [0.15, 0.2) is 0 Å². The third kappa shape index (κ3) is 3.19. The highest BCUT2D eigenvalue weighted by atomic mass is 32.1. The lowest BCUT2D eigenvalue weighted by molar-refractivity contribution is -0.138. The normalized spacial score (nSPS) is 13.4. The van der Waals surface area contributed by atoms with Crippen molar-refractivity contribution in [1.29, 1.82) is 0 Å². The van der Waals surface area contributed by atoms with E-state index in [1.54, 1.807) is 0 Å². The number of aryl methyl sites for hydroxylation is 1. The van der Waals surface area contributed by atoms with E-state index in [2.05, 4.69) is 10.3 Å². The molecule has 0 bridgehead atoms. The van der Waals surface area contributed by atoms with Gasteiger partial charge in [0, 0.05) is 27.7 Å². The second-order valence-corrected chi connectivity index (χ2v) is 5.72. The Kier molecular flexibility index (Phi) is 4.45. The Balaban J connectivity index is 2.50. The lowest BCUT2D eigenvalue weighted by Crippen LogP contribution is -2.24. The summed E-state index contributed by atoms with van der Waals surface area (Å²) < 4.78 is 39.4. The first kappa shape index (κ1) is 15.0. The quantitative estimate of drug-likeness (QED) is 0.916. The minimum atomic E-state index is -4.38. The maximum absolute atomic E-state index is 13.1. The average Bonchev–Trinajstić information content (AvgIpc) is 2.81. The lowest BCUT2D eigenvalue weighted by atomic mass is 10.0. The van der Waals surface area contributed by atoms with Crippen molar-refractivity contribution in [2.75, 3.05) is 6.54 Å². The van der Waals surface area contributed by atoms with Gasteiger partial charge in [0.1, 0.15) is 0 Å². The zero-order chi connectivity index (χ0) is 14.8. The highest BCUT2D eigenvalue weighted by Gasteiger charge is 2.35. The van der Waals surface area contributed by atoms with Gasteiger partial charge in [0.2, 0.25) is 0 Å². The molecule has 0 aliphatic rings. The van der Waals surface area contributed by atoms with E-state index in [4.69, 9.17) is 0 Å². The summed E-state index contributed by atoms with van der Waals surface area (Å²) in [5, 5.41) is 3.11. The Labute approximate surface area is 119 Å². The monoisotopic (exact) mass is 300 g/mol. The van der Waals surface area contributed by atoms with Crippen molar-refractivity contribution in [3.8, 4) is 0 Å². The molecule has 0 aliphatic carbocycles. The first-order chi connectivity index (χ1) is 9.43. The second-order valence-electron chi connectivity index (χ2n) is 4.40. The number of hydrogen-bond acceptors (Lipinski definition) is 3. The van der Waals surface area contributed by atoms with Gasteiger partial charge in [-0.15, -0.1) is 11.3 Å². The fourth-order valence-electron chi connectivity index (χ4n) is 2.07. The molecule has 0 amide bonds. The maximum atomic E-state index is 13.1. The molecule has 6 heteroatoms. The molecule has 0 saturated carbocycles. The summed E-state index contributed by atoms with van der Waals surface area (Å²) in [6.45, 7) is 4.38. The fourth-order valence-corrected chi connectivity index (χ4v) is 3.04. The smallest absolute Gasteiger partial charge is 0.306 e. The topological polar surface area (TPSA) is 24.9 Å². The summed E-state index contributed by atoms with van der Waals surface area (Å²) >= 11 is 1.49. The lowest BCUT2D eigenvalue weighted by Gasteiger charge is -2.21. The first-order valence-corrected chi connectivity index (χ1v) is 7.06. The Morgan fingerprint density at radius 1 is 1.30 bits per heavy atom. The summed E-state index contributed by atoms with van der Waals surface area (Å²) in [6, 6.07) is 4.32. The Hall–Kier alpha value is -1.40. The molecule has 20 heavy (non-hydrogen) atoms. The average molecular weight is 300 g/mol. The van der Waals surface area contributed by atoms with E-state index >= 15 is 0 Å². The van der Waals surface area contributed by atoms with Crippen molar-refractivity contribution in [3.05, 3.63) is 51.5 Å². The number of thiophene rings is 1. The van der Waals surface area contributed by atoms with E-state index in [9.17, 15) is 13.2 Å². The minimum absolute atomic E-state index is 0.170. The van der Waals surface area contributed by atoms with Crippen molar-refractivity contribution in [3.63, 3.8) is 0 Å². The molecule has 2 heterocycles. The van der Waals surface area contributed by atoms with Crippen molar-refractivity contribution >= 4 is 11.3 Å². The fraction of sp³-hybridized carbons (Fsp3) is 0.357. The predicted molar refractivity (Wildman–Crippen MR) is 73.8 cm³/mol. The molecule has 0 fully saturated rings. The van der Waals surface area contributed by atoms with Crippen LogP contribution in [-0.2, 0) is 6.18 Å². The van der Waals surface area contributed by atoms with Crippen molar-refractivity contribution in [1.82, 2.24) is 10.3 Å². The van der Waals surface area contributed by atoms with Crippen LogP contribution in [0.15, 0.2) is 30.6 Å². The summed E-state index contributed by atoms with van der Waals surface area (Å²) in [4.78, 5) is 5.79. The Bertz CT molecular complexity index is 578. The van der Waals surface area contributed by atoms with Gasteiger partial charge in [-0.05, 0) is 31.7 Å². The maximum Gasteiger partial charge on any atom is 0.416 e. The third-order valence-electron chi connectivity index (χ3n) is 2.92. The van der Waals surface area contributed by atoms with Crippen molar-refractivity contribution in [2.45, 2.75) is 26.1 Å². The number of hydrogen-bond donors (Lipinski definition) is 1. The van der Waals surface area contributed by atoms with Crippen molar-refractivity contribution < 1.29 is 13.2 Å². The van der Waals surface area contributed by atoms with Crippen LogP contribution < -0.4 is 5.32 Å². The van der Waals surface area contributed by atoms with Gasteiger partial charge >= 0.3 is 6.18 Å². The first-order valence-electron chi connectivity index (χ1n) is 6.24. The number of aromatic nitrogens is 1. The Morgan fingerprint density at radius 3 is 2.60 bits per heavy atom. The van der Waals surface area contributed by atoms with Gasteiger partial charge < -0.3 is 5.32 Å². The van der Waals surface area contributed by atoms with E-state index in [0.717, 1.165) is 15.8 Å². The van der Waals surface area contributed by atoms with E-state index in [1.165, 1.54) is 23.7 Å². The standard InChI is InChI=1S/C14H15F3N2S/c1-3-19-13(12-5-4-9(2)20-12)10-8-18-7-6-11(10)14(15,16)17/h4-8,13,19H,3H2,1-2H3. The molecule has 1 N–H and O–H groups in total. The van der Waals surface area contributed by atoms with E-state index < -0.39 is 17.8 Å². The van der Waals surface area contributed by atoms with Crippen LogP contribution in [0.2, 0.25) is 0 Å². The van der Waals surface area contributed by atoms with Gasteiger partial charge in [0.05, 0.1) is 11.6 Å². The van der Waals surface area contributed by atoms with E-state index in [1.807, 2.05) is 26.0 Å². The molecular formula is C14H15F3N2S. The number of nitrogens with zero attached hydrogens (tertiary/aromatic N) is 1. The number of alkyl halides is 3. The molecule has 0 aromatic carbocycles. The third-order valence-corrected chi connectivity index (χ3v) is 3.99. The molecule has 1 unspecified atom stereocenters. The van der Waals surface area contributed by atoms with Crippen LogP contribution >= 0.6 is 11.3 Å². The van der Waals surface area contributed by atoms with Crippen LogP contribution in [0.25, 0.3) is 0 Å². The van der Waals surface area contributed by atoms with Gasteiger partial charge in [-0.2, -0.15) is 13.2 Å². The summed E-state index contributed by atoms with van der Waals surface area (Å²) in [6.07, 6.45) is -1.90. The second kappa shape index (κ2) is 5.93. The van der Waals surface area contributed by atoms with Gasteiger partial charge in [-0.25, -0.2) is 0 Å². The number of pyridine rings is 1. The summed E-state index contributed by atoms with van der Waals surface area (Å²) in [5.41, 5.74) is -0.465. The highest BCUT2D eigenvalue weighted by molar-refractivity contribution is 7.12. The zero-order valence-electron chi connectivity index (χ0n) is 11.2. The SMILES string of the molecule is CCNC(c1ccc(C)s1)c1cnccc1C(F)(F)F. The molecule has 2 nitrogen and oxygen atoms in total. The highest BCUT2D eigenvalue weighted by Crippen LogP contribution is 2.37. The molecule has 0 radical (unpaired) electrons. The number of halogens is 3. The largest absolute Gasteiger partial charge is 0.416 e. The summed E-state index contributed by atoms with van der Waals surface area (Å²) in [5.74, 6) is 0. The molecule has 0 aliphatic heterocycles. The van der Waals surface area contributed by atoms with Gasteiger partial charge in [-0.3, -0.25) is 4.98 Å². The molecule has 0 saturated heterocycles. The number of nitrogens with one attached hydrogen (secondary N) is 1. The van der Waals surface area contributed by atoms with Crippen LogP contribution in [0.3, 0.4) is 0 Å². The molecule has 0 spiro atoms. The molecule has 1 atom stereocenters. The van der Waals surface area contributed by atoms with Gasteiger partial charge in [0.25, 0.3) is 0 Å². The minimum Gasteiger partial charge on any atom is -0.306 e. The number of rotatable bonds is 4.